The van der Waals surface area contributed by atoms with Crippen LogP contribution >= 0.6 is 11.8 Å². The number of hydrogen-bond acceptors (Lipinski definition) is 5. The van der Waals surface area contributed by atoms with Gasteiger partial charge < -0.3 is 10.1 Å². The molecule has 0 amide bonds. The Balaban J connectivity index is 2.93. The van der Waals surface area contributed by atoms with E-state index in [0.717, 1.165) is 16.2 Å². The van der Waals surface area contributed by atoms with Gasteiger partial charge in [-0.05, 0) is 26.1 Å². The molecule has 1 unspecified atom stereocenters. The number of hydrogen-bond donors (Lipinski definition) is 1. The molecule has 0 heterocycles. The first kappa shape index (κ1) is 16.3. The van der Waals surface area contributed by atoms with Gasteiger partial charge in [0.25, 0.3) is 0 Å². The Bertz CT molecular complexity index is 515. The zero-order chi connectivity index (χ0) is 14.5. The molecule has 0 aliphatic heterocycles. The van der Waals surface area contributed by atoms with Crippen LogP contribution in [0.5, 0.6) is 5.75 Å². The number of nitrogens with one attached hydrogen (secondary N) is 1. The Hall–Kier alpha value is -0.720. The Morgan fingerprint density at radius 1 is 1.42 bits per heavy atom. The van der Waals surface area contributed by atoms with Gasteiger partial charge in [0.15, 0.2) is 0 Å². The Morgan fingerprint density at radius 2 is 2.11 bits per heavy atom. The summed E-state index contributed by atoms with van der Waals surface area (Å²) >= 11 is 1.55. The molecule has 0 aliphatic rings. The molecule has 0 aromatic heterocycles. The number of benzene rings is 1. The van der Waals surface area contributed by atoms with Crippen LogP contribution in [-0.2, 0) is 9.84 Å². The topological polar surface area (TPSA) is 55.4 Å². The van der Waals surface area contributed by atoms with E-state index in [4.69, 9.17) is 4.74 Å². The summed E-state index contributed by atoms with van der Waals surface area (Å²) in [5.41, 5.74) is 1.08. The first-order valence-electron chi connectivity index (χ1n) is 6.03. The van der Waals surface area contributed by atoms with E-state index in [1.54, 1.807) is 18.9 Å². The monoisotopic (exact) mass is 303 g/mol. The van der Waals surface area contributed by atoms with Gasteiger partial charge in [-0.1, -0.05) is 6.07 Å². The highest BCUT2D eigenvalue weighted by Crippen LogP contribution is 2.34. The average Bonchev–Trinajstić information content (AvgIpc) is 2.36. The molecule has 0 radical (unpaired) electrons. The summed E-state index contributed by atoms with van der Waals surface area (Å²) in [6.07, 6.45) is 1.26. The summed E-state index contributed by atoms with van der Waals surface area (Å²) in [7, 11) is 0.620. The van der Waals surface area contributed by atoms with Crippen LogP contribution in [0, 0.1) is 0 Å². The second kappa shape index (κ2) is 7.17. The lowest BCUT2D eigenvalue weighted by Crippen LogP contribution is -2.14. The molecule has 4 nitrogen and oxygen atoms in total. The summed E-state index contributed by atoms with van der Waals surface area (Å²) in [6.45, 7) is 2.05. The standard InChI is InChI=1S/C13H21NO3S2/c1-10(14-2)13-11(17-3)6-5-7-12(13)18-8-9-19(4,15)16/h5-7,10,14H,8-9H2,1-4H3. The maximum Gasteiger partial charge on any atom is 0.148 e. The highest BCUT2D eigenvalue weighted by atomic mass is 32.2. The van der Waals surface area contributed by atoms with Crippen molar-refractivity contribution < 1.29 is 13.2 Å². The lowest BCUT2D eigenvalue weighted by molar-refractivity contribution is 0.401. The van der Waals surface area contributed by atoms with Gasteiger partial charge in [0.2, 0.25) is 0 Å². The average molecular weight is 303 g/mol. The maximum atomic E-state index is 11.2. The largest absolute Gasteiger partial charge is 0.496 e. The van der Waals surface area contributed by atoms with E-state index in [9.17, 15) is 8.42 Å². The minimum absolute atomic E-state index is 0.150. The summed E-state index contributed by atoms with van der Waals surface area (Å²) < 4.78 is 27.7. The predicted molar refractivity (Wildman–Crippen MR) is 80.9 cm³/mol. The van der Waals surface area contributed by atoms with Crippen LogP contribution < -0.4 is 10.1 Å². The molecule has 0 fully saturated rings. The molecule has 1 N–H and O–H groups in total. The van der Waals surface area contributed by atoms with Gasteiger partial charge in [0, 0.05) is 28.5 Å². The number of thioether (sulfide) groups is 1. The quantitative estimate of drug-likeness (QED) is 0.782. The van der Waals surface area contributed by atoms with Gasteiger partial charge in [-0.2, -0.15) is 0 Å². The van der Waals surface area contributed by atoms with Crippen LogP contribution in [0.4, 0.5) is 0 Å². The van der Waals surface area contributed by atoms with Crippen molar-refractivity contribution in [3.63, 3.8) is 0 Å². The van der Waals surface area contributed by atoms with E-state index in [1.807, 2.05) is 25.2 Å². The van der Waals surface area contributed by atoms with Crippen molar-refractivity contribution in [2.75, 3.05) is 31.9 Å². The van der Waals surface area contributed by atoms with Crippen molar-refractivity contribution in [1.82, 2.24) is 5.32 Å². The Morgan fingerprint density at radius 3 is 2.63 bits per heavy atom. The van der Waals surface area contributed by atoms with Crippen molar-refractivity contribution in [1.29, 1.82) is 0 Å². The zero-order valence-electron chi connectivity index (χ0n) is 11.8. The molecule has 1 rings (SSSR count). The van der Waals surface area contributed by atoms with Crippen LogP contribution in [-0.4, -0.2) is 40.3 Å². The zero-order valence-corrected chi connectivity index (χ0v) is 13.4. The van der Waals surface area contributed by atoms with E-state index in [1.165, 1.54) is 6.26 Å². The predicted octanol–water partition coefficient (Wildman–Crippen LogP) is 2.11. The van der Waals surface area contributed by atoms with E-state index < -0.39 is 9.84 Å². The number of ether oxygens (including phenoxy) is 1. The molecule has 0 spiro atoms. The Labute approximate surface area is 119 Å². The van der Waals surface area contributed by atoms with E-state index in [-0.39, 0.29) is 11.8 Å². The van der Waals surface area contributed by atoms with Crippen molar-refractivity contribution in [2.24, 2.45) is 0 Å². The van der Waals surface area contributed by atoms with Gasteiger partial charge >= 0.3 is 0 Å². The van der Waals surface area contributed by atoms with E-state index >= 15 is 0 Å². The van der Waals surface area contributed by atoms with Gasteiger partial charge in [0.1, 0.15) is 15.6 Å². The molecule has 6 heteroatoms. The maximum absolute atomic E-state index is 11.2. The molecule has 19 heavy (non-hydrogen) atoms. The van der Waals surface area contributed by atoms with Gasteiger partial charge in [-0.25, -0.2) is 8.42 Å². The SMILES string of the molecule is CNC(C)c1c(OC)cccc1SCCS(C)(=O)=O. The Kier molecular flexibility index (Phi) is 6.16. The fraction of sp³-hybridized carbons (Fsp3) is 0.538. The lowest BCUT2D eigenvalue weighted by atomic mass is 10.1. The first-order chi connectivity index (χ1) is 8.89. The third kappa shape index (κ3) is 5.04. The van der Waals surface area contributed by atoms with Crippen molar-refractivity contribution in [2.45, 2.75) is 17.9 Å². The molecule has 0 saturated carbocycles. The van der Waals surface area contributed by atoms with Crippen molar-refractivity contribution >= 4 is 21.6 Å². The van der Waals surface area contributed by atoms with E-state index in [2.05, 4.69) is 12.2 Å². The highest BCUT2D eigenvalue weighted by Gasteiger charge is 2.15. The number of methoxy groups -OCH3 is 1. The number of rotatable bonds is 7. The second-order valence-electron chi connectivity index (χ2n) is 4.36. The number of sulfone groups is 1. The minimum Gasteiger partial charge on any atom is -0.496 e. The van der Waals surface area contributed by atoms with Crippen LogP contribution in [0.25, 0.3) is 0 Å². The van der Waals surface area contributed by atoms with Gasteiger partial charge in [-0.3, -0.25) is 0 Å². The highest BCUT2D eigenvalue weighted by molar-refractivity contribution is 8.00. The van der Waals surface area contributed by atoms with E-state index in [0.29, 0.717) is 5.75 Å². The summed E-state index contributed by atoms with van der Waals surface area (Å²) in [4.78, 5) is 1.06. The molecular weight excluding hydrogens is 282 g/mol. The van der Waals surface area contributed by atoms with Crippen LogP contribution in [0.15, 0.2) is 23.1 Å². The van der Waals surface area contributed by atoms with Crippen LogP contribution in [0.1, 0.15) is 18.5 Å². The van der Waals surface area contributed by atoms with Crippen molar-refractivity contribution in [3.05, 3.63) is 23.8 Å². The summed E-state index contributed by atoms with van der Waals surface area (Å²) in [5.74, 6) is 1.56. The molecule has 0 saturated heterocycles. The molecule has 1 aromatic carbocycles. The molecule has 0 aliphatic carbocycles. The third-order valence-corrected chi connectivity index (χ3v) is 5.10. The molecular formula is C13H21NO3S2. The first-order valence-corrected chi connectivity index (χ1v) is 9.08. The fourth-order valence-corrected chi connectivity index (χ4v) is 4.07. The summed E-state index contributed by atoms with van der Waals surface area (Å²) in [6, 6.07) is 5.99. The summed E-state index contributed by atoms with van der Waals surface area (Å²) in [5, 5.41) is 3.19. The molecule has 1 atom stereocenters. The molecule has 1 aromatic rings. The molecule has 108 valence electrons. The minimum atomic E-state index is -2.92. The van der Waals surface area contributed by atoms with Crippen LogP contribution in [0.3, 0.4) is 0 Å². The lowest BCUT2D eigenvalue weighted by Gasteiger charge is -2.18. The smallest absolute Gasteiger partial charge is 0.148 e. The van der Waals surface area contributed by atoms with Gasteiger partial charge in [-0.15, -0.1) is 11.8 Å². The van der Waals surface area contributed by atoms with Gasteiger partial charge in [0.05, 0.1) is 12.9 Å². The van der Waals surface area contributed by atoms with Crippen molar-refractivity contribution in [3.8, 4) is 5.75 Å². The second-order valence-corrected chi connectivity index (χ2v) is 7.76. The third-order valence-electron chi connectivity index (χ3n) is 2.82. The fourth-order valence-electron chi connectivity index (χ4n) is 1.70. The normalized spacial score (nSPS) is 13.3. The molecule has 0 bridgehead atoms. The van der Waals surface area contributed by atoms with Crippen LogP contribution in [0.2, 0.25) is 0 Å².